The van der Waals surface area contributed by atoms with E-state index in [2.05, 4.69) is 5.32 Å². The molecule has 2 aliphatic rings. The second kappa shape index (κ2) is 9.69. The van der Waals surface area contributed by atoms with Crippen molar-refractivity contribution in [3.63, 3.8) is 0 Å². The number of hydrogen-bond acceptors (Lipinski definition) is 6. The first-order chi connectivity index (χ1) is 16.8. The van der Waals surface area contributed by atoms with E-state index < -0.39 is 15.9 Å². The average molecular weight is 513 g/mol. The maximum atomic E-state index is 13.2. The van der Waals surface area contributed by atoms with Crippen LogP contribution in [0.4, 0.5) is 5.00 Å². The molecule has 3 N–H and O–H groups in total. The zero-order chi connectivity index (χ0) is 24.6. The molecule has 1 aliphatic heterocycles. The summed E-state index contributed by atoms with van der Waals surface area (Å²) in [5, 5.41) is 5.30. The lowest BCUT2D eigenvalue weighted by atomic mass is 9.95. The number of sulfonamides is 1. The number of piperazine rings is 1. The van der Waals surface area contributed by atoms with Gasteiger partial charge in [0, 0.05) is 31.1 Å². The molecule has 0 saturated carbocycles. The Balaban J connectivity index is 1.21. The molecule has 1 saturated heterocycles. The van der Waals surface area contributed by atoms with Gasteiger partial charge < -0.3 is 11.1 Å². The number of thiophene rings is 1. The minimum Gasteiger partial charge on any atom is -0.365 e. The molecule has 0 unspecified atom stereocenters. The van der Waals surface area contributed by atoms with Gasteiger partial charge in [-0.1, -0.05) is 30.3 Å². The number of nitrogens with one attached hydrogen (secondary N) is 1. The summed E-state index contributed by atoms with van der Waals surface area (Å²) in [6.07, 6.45) is 3.81. The minimum absolute atomic E-state index is 0.130. The first-order valence-corrected chi connectivity index (χ1v) is 14.0. The molecule has 1 fully saturated rings. The molecule has 1 aliphatic carbocycles. The number of nitrogens with two attached hydrogens (primary N) is 1. The summed E-state index contributed by atoms with van der Waals surface area (Å²) in [5.74, 6) is -0.732. The molecule has 35 heavy (non-hydrogen) atoms. The quantitative estimate of drug-likeness (QED) is 0.527. The third-order valence-corrected chi connectivity index (χ3v) is 9.83. The van der Waals surface area contributed by atoms with Crippen LogP contribution in [-0.4, -0.2) is 62.2 Å². The molecule has 2 amide bonds. The van der Waals surface area contributed by atoms with Crippen molar-refractivity contribution in [1.29, 1.82) is 0 Å². The van der Waals surface area contributed by atoms with Gasteiger partial charge in [0.2, 0.25) is 15.9 Å². The van der Waals surface area contributed by atoms with Crippen molar-refractivity contribution in [3.8, 4) is 0 Å². The van der Waals surface area contributed by atoms with E-state index in [1.807, 2.05) is 35.2 Å². The highest BCUT2D eigenvalue weighted by molar-refractivity contribution is 7.89. The molecule has 2 heterocycles. The van der Waals surface area contributed by atoms with E-state index in [1.165, 1.54) is 15.6 Å². The second-order valence-corrected chi connectivity index (χ2v) is 12.1. The largest absolute Gasteiger partial charge is 0.365 e. The molecule has 0 bridgehead atoms. The van der Waals surface area contributed by atoms with Gasteiger partial charge in [-0.25, -0.2) is 8.42 Å². The van der Waals surface area contributed by atoms with Gasteiger partial charge in [0.1, 0.15) is 5.00 Å². The Morgan fingerprint density at radius 3 is 2.43 bits per heavy atom. The average Bonchev–Trinajstić information content (AvgIpc) is 3.22. The van der Waals surface area contributed by atoms with Crippen LogP contribution in [0, 0.1) is 0 Å². The summed E-state index contributed by atoms with van der Waals surface area (Å²) in [5.41, 5.74) is 7.05. The van der Waals surface area contributed by atoms with Gasteiger partial charge in [-0.3, -0.25) is 14.5 Å². The number of fused-ring (bicyclic) bond motifs is 2. The van der Waals surface area contributed by atoms with Crippen LogP contribution in [-0.2, 0) is 27.7 Å². The Labute approximate surface area is 208 Å². The van der Waals surface area contributed by atoms with Gasteiger partial charge >= 0.3 is 0 Å². The topological polar surface area (TPSA) is 113 Å². The fraction of sp³-hybridized carbons (Fsp3) is 0.360. The Morgan fingerprint density at radius 1 is 0.971 bits per heavy atom. The Kier molecular flexibility index (Phi) is 6.63. The van der Waals surface area contributed by atoms with E-state index in [0.29, 0.717) is 36.7 Å². The fourth-order valence-corrected chi connectivity index (χ4v) is 7.66. The first kappa shape index (κ1) is 23.9. The fourth-order valence-electron chi connectivity index (χ4n) is 4.89. The van der Waals surface area contributed by atoms with Gasteiger partial charge in [0.25, 0.3) is 5.91 Å². The van der Waals surface area contributed by atoms with Gasteiger partial charge in [-0.2, -0.15) is 4.31 Å². The van der Waals surface area contributed by atoms with Crippen LogP contribution < -0.4 is 11.1 Å². The van der Waals surface area contributed by atoms with E-state index in [0.717, 1.165) is 46.9 Å². The third kappa shape index (κ3) is 4.84. The minimum atomic E-state index is -3.61. The van der Waals surface area contributed by atoms with E-state index in [4.69, 9.17) is 5.73 Å². The lowest BCUT2D eigenvalue weighted by Crippen LogP contribution is -2.50. The summed E-state index contributed by atoms with van der Waals surface area (Å²) < 4.78 is 27.8. The number of hydrogen-bond donors (Lipinski definition) is 2. The lowest BCUT2D eigenvalue weighted by Gasteiger charge is -2.33. The lowest BCUT2D eigenvalue weighted by molar-refractivity contribution is -0.117. The smallest absolute Gasteiger partial charge is 0.251 e. The Hall–Kier alpha value is -2.79. The van der Waals surface area contributed by atoms with Crippen molar-refractivity contribution in [2.75, 3.05) is 38.0 Å². The van der Waals surface area contributed by atoms with Crippen molar-refractivity contribution in [1.82, 2.24) is 9.21 Å². The molecular weight excluding hydrogens is 484 g/mol. The number of carbonyl (C=O) groups is 2. The molecule has 0 atom stereocenters. The van der Waals surface area contributed by atoms with Crippen molar-refractivity contribution >= 4 is 48.9 Å². The van der Waals surface area contributed by atoms with Crippen LogP contribution >= 0.6 is 11.3 Å². The highest BCUT2D eigenvalue weighted by Crippen LogP contribution is 2.37. The van der Waals surface area contributed by atoms with Crippen LogP contribution in [0.2, 0.25) is 0 Å². The number of carbonyl (C=O) groups excluding carboxylic acids is 2. The normalized spacial score (nSPS) is 17.3. The van der Waals surface area contributed by atoms with Gasteiger partial charge in [-0.05, 0) is 54.2 Å². The zero-order valence-corrected chi connectivity index (χ0v) is 21.0. The highest BCUT2D eigenvalue weighted by atomic mass is 32.2. The van der Waals surface area contributed by atoms with E-state index in [-0.39, 0.29) is 17.3 Å². The van der Waals surface area contributed by atoms with E-state index in [1.54, 1.807) is 12.1 Å². The summed E-state index contributed by atoms with van der Waals surface area (Å²) in [6.45, 7) is 1.64. The van der Waals surface area contributed by atoms with Crippen LogP contribution in [0.15, 0.2) is 47.4 Å². The SMILES string of the molecule is NC(=O)c1c(NC(=O)CN2CCN(S(=O)(=O)c3ccc4ccccc4c3)CC2)sc2c1CCCC2. The number of rotatable bonds is 6. The molecular formula is C25H28N4O4S2. The van der Waals surface area contributed by atoms with Crippen molar-refractivity contribution in [3.05, 3.63) is 58.5 Å². The van der Waals surface area contributed by atoms with Crippen molar-refractivity contribution in [2.24, 2.45) is 5.73 Å². The molecule has 2 aromatic carbocycles. The number of amides is 2. The van der Waals surface area contributed by atoms with Crippen LogP contribution in [0.3, 0.4) is 0 Å². The number of aryl methyl sites for hydroxylation is 1. The number of benzene rings is 2. The molecule has 1 aromatic heterocycles. The number of primary amides is 1. The summed E-state index contributed by atoms with van der Waals surface area (Å²) in [6, 6.07) is 12.8. The Morgan fingerprint density at radius 2 is 1.69 bits per heavy atom. The predicted molar refractivity (Wildman–Crippen MR) is 137 cm³/mol. The zero-order valence-electron chi connectivity index (χ0n) is 19.3. The molecule has 3 aromatic rings. The van der Waals surface area contributed by atoms with Crippen LogP contribution in [0.25, 0.3) is 10.8 Å². The molecule has 0 spiro atoms. The molecule has 184 valence electrons. The van der Waals surface area contributed by atoms with Crippen molar-refractivity contribution < 1.29 is 18.0 Å². The maximum absolute atomic E-state index is 13.2. The number of nitrogens with zero attached hydrogens (tertiary/aromatic N) is 2. The van der Waals surface area contributed by atoms with Crippen LogP contribution in [0.1, 0.15) is 33.6 Å². The van der Waals surface area contributed by atoms with E-state index in [9.17, 15) is 18.0 Å². The second-order valence-electron chi connectivity index (χ2n) is 9.02. The predicted octanol–water partition coefficient (Wildman–Crippen LogP) is 2.82. The molecule has 10 heteroatoms. The highest BCUT2D eigenvalue weighted by Gasteiger charge is 2.30. The van der Waals surface area contributed by atoms with E-state index >= 15 is 0 Å². The number of anilines is 1. The first-order valence-electron chi connectivity index (χ1n) is 11.8. The maximum Gasteiger partial charge on any atom is 0.251 e. The van der Waals surface area contributed by atoms with Gasteiger partial charge in [0.05, 0.1) is 17.0 Å². The monoisotopic (exact) mass is 512 g/mol. The Bertz CT molecular complexity index is 1390. The molecule has 5 rings (SSSR count). The van der Waals surface area contributed by atoms with Gasteiger partial charge in [-0.15, -0.1) is 11.3 Å². The third-order valence-electron chi connectivity index (χ3n) is 6.73. The summed E-state index contributed by atoms with van der Waals surface area (Å²) in [7, 11) is -3.61. The summed E-state index contributed by atoms with van der Waals surface area (Å²) in [4.78, 5) is 28.2. The standard InChI is InChI=1S/C25H28N4O4S2/c26-24(31)23-20-7-3-4-8-21(20)34-25(23)27-22(30)16-28-11-13-29(14-12-28)35(32,33)19-10-9-17-5-1-2-6-18(17)15-19/h1-2,5-6,9-10,15H,3-4,7-8,11-14,16H2,(H2,26,31)(H,27,30). The summed E-state index contributed by atoms with van der Waals surface area (Å²) >= 11 is 1.44. The molecule has 8 nitrogen and oxygen atoms in total. The molecule has 0 radical (unpaired) electrons. The van der Waals surface area contributed by atoms with Crippen molar-refractivity contribution in [2.45, 2.75) is 30.6 Å². The van der Waals surface area contributed by atoms with Gasteiger partial charge in [0.15, 0.2) is 0 Å². The van der Waals surface area contributed by atoms with Crippen LogP contribution in [0.5, 0.6) is 0 Å².